The number of rotatable bonds is 6. The van der Waals surface area contributed by atoms with E-state index in [9.17, 15) is 8.42 Å². The van der Waals surface area contributed by atoms with Crippen LogP contribution in [0.3, 0.4) is 0 Å². The van der Waals surface area contributed by atoms with Gasteiger partial charge in [-0.3, -0.25) is 4.31 Å². The Morgan fingerprint density at radius 1 is 1.22 bits per heavy atom. The van der Waals surface area contributed by atoms with Crippen molar-refractivity contribution < 1.29 is 8.42 Å². The molecule has 0 saturated heterocycles. The molecule has 0 bridgehead atoms. The summed E-state index contributed by atoms with van der Waals surface area (Å²) in [6, 6.07) is 12.0. The van der Waals surface area contributed by atoms with Crippen LogP contribution in [0.15, 0.2) is 64.9 Å². The van der Waals surface area contributed by atoms with Crippen LogP contribution in [0.1, 0.15) is 5.56 Å². The third-order valence-electron chi connectivity index (χ3n) is 3.39. The average Bonchev–Trinajstić information content (AvgIpc) is 2.55. The summed E-state index contributed by atoms with van der Waals surface area (Å²) in [6.45, 7) is 5.71. The van der Waals surface area contributed by atoms with E-state index in [-0.39, 0.29) is 11.4 Å². The highest BCUT2D eigenvalue weighted by Gasteiger charge is 2.24. The summed E-state index contributed by atoms with van der Waals surface area (Å²) in [5.74, 6) is 0. The molecule has 0 aliphatic rings. The van der Waals surface area contributed by atoms with Gasteiger partial charge in [-0.2, -0.15) is 0 Å². The second-order valence-corrected chi connectivity index (χ2v) is 8.08. The maximum Gasteiger partial charge on any atom is 0.264 e. The van der Waals surface area contributed by atoms with Crippen molar-refractivity contribution in [3.63, 3.8) is 0 Å². The van der Waals surface area contributed by atoms with Gasteiger partial charge in [0.1, 0.15) is 0 Å². The van der Waals surface area contributed by atoms with Crippen LogP contribution in [0.25, 0.3) is 0 Å². The van der Waals surface area contributed by atoms with E-state index < -0.39 is 10.0 Å². The van der Waals surface area contributed by atoms with Crippen LogP contribution in [0.4, 0.5) is 5.69 Å². The van der Waals surface area contributed by atoms with Crippen molar-refractivity contribution in [1.29, 1.82) is 0 Å². The number of aryl methyl sites for hydroxylation is 1. The fraction of sp³-hybridized carbons (Fsp3) is 0.176. The minimum absolute atomic E-state index is 0.173. The lowest BCUT2D eigenvalue weighted by atomic mass is 10.2. The zero-order valence-corrected chi connectivity index (χ0v) is 15.4. The van der Waals surface area contributed by atoms with Crippen LogP contribution >= 0.6 is 23.4 Å². The van der Waals surface area contributed by atoms with Gasteiger partial charge in [-0.05, 0) is 55.1 Å². The summed E-state index contributed by atoms with van der Waals surface area (Å²) in [4.78, 5) is 1.26. The van der Waals surface area contributed by atoms with Gasteiger partial charge in [0.2, 0.25) is 0 Å². The molecule has 2 aromatic rings. The molecule has 0 aliphatic carbocycles. The molecular formula is C17H18ClNO2S2. The molecule has 0 atom stereocenters. The Hall–Kier alpha value is -1.43. The molecule has 6 heteroatoms. The highest BCUT2D eigenvalue weighted by atomic mass is 35.5. The number of halogens is 1. The van der Waals surface area contributed by atoms with Gasteiger partial charge in [0.05, 0.1) is 17.1 Å². The molecule has 0 saturated carbocycles. The van der Waals surface area contributed by atoms with Crippen LogP contribution in [0, 0.1) is 6.92 Å². The van der Waals surface area contributed by atoms with Gasteiger partial charge in [-0.15, -0.1) is 18.3 Å². The Kier molecular flexibility index (Phi) is 5.79. The second kappa shape index (κ2) is 7.43. The molecule has 3 nitrogen and oxygen atoms in total. The molecule has 0 fully saturated rings. The molecule has 0 radical (unpaired) electrons. The lowest BCUT2D eigenvalue weighted by molar-refractivity contribution is 0.593. The molecule has 0 spiro atoms. The molecule has 0 unspecified atom stereocenters. The molecule has 122 valence electrons. The summed E-state index contributed by atoms with van der Waals surface area (Å²) in [5, 5.41) is 0.532. The molecule has 2 aromatic carbocycles. The number of benzene rings is 2. The van der Waals surface area contributed by atoms with E-state index in [4.69, 9.17) is 11.6 Å². The summed E-state index contributed by atoms with van der Waals surface area (Å²) in [5.41, 5.74) is 1.42. The molecule has 0 amide bonds. The predicted molar refractivity (Wildman–Crippen MR) is 99.1 cm³/mol. The van der Waals surface area contributed by atoms with Crippen LogP contribution in [-0.4, -0.2) is 21.2 Å². The summed E-state index contributed by atoms with van der Waals surface area (Å²) in [6.07, 6.45) is 3.50. The zero-order valence-electron chi connectivity index (χ0n) is 13.0. The maximum absolute atomic E-state index is 12.9. The Morgan fingerprint density at radius 2 is 1.87 bits per heavy atom. The standard InChI is InChI=1S/C17H18ClNO2S2/c1-4-11-19(14-6-5-13(2)17(18)12-14)23(20,21)16-9-7-15(22-3)8-10-16/h4-10,12H,1,11H2,2-3H3. The molecule has 0 aromatic heterocycles. The fourth-order valence-electron chi connectivity index (χ4n) is 2.07. The lowest BCUT2D eigenvalue weighted by Gasteiger charge is -2.23. The third kappa shape index (κ3) is 3.91. The van der Waals surface area contributed by atoms with Gasteiger partial charge in [0, 0.05) is 9.92 Å². The SMILES string of the molecule is C=CCN(c1ccc(C)c(Cl)c1)S(=O)(=O)c1ccc(SC)cc1. The van der Waals surface area contributed by atoms with Crippen molar-refractivity contribution in [3.05, 3.63) is 65.7 Å². The highest BCUT2D eigenvalue weighted by molar-refractivity contribution is 7.98. The average molecular weight is 368 g/mol. The van der Waals surface area contributed by atoms with Crippen molar-refractivity contribution in [2.75, 3.05) is 17.1 Å². The number of sulfonamides is 1. The van der Waals surface area contributed by atoms with Crippen molar-refractivity contribution in [2.45, 2.75) is 16.7 Å². The predicted octanol–water partition coefficient (Wildman–Crippen LogP) is 4.75. The van der Waals surface area contributed by atoms with Crippen molar-refractivity contribution in [2.24, 2.45) is 0 Å². The number of hydrogen-bond donors (Lipinski definition) is 0. The largest absolute Gasteiger partial charge is 0.264 e. The minimum Gasteiger partial charge on any atom is -0.262 e. The number of hydrogen-bond acceptors (Lipinski definition) is 3. The Balaban J connectivity index is 2.49. The van der Waals surface area contributed by atoms with Gasteiger partial charge in [-0.25, -0.2) is 8.42 Å². The van der Waals surface area contributed by atoms with Crippen LogP contribution in [0.5, 0.6) is 0 Å². The fourth-order valence-corrected chi connectivity index (χ4v) is 4.08. The summed E-state index contributed by atoms with van der Waals surface area (Å²) in [7, 11) is -3.68. The quantitative estimate of drug-likeness (QED) is 0.546. The second-order valence-electron chi connectivity index (χ2n) is 4.93. The Bertz CT molecular complexity index is 802. The normalized spacial score (nSPS) is 11.3. The van der Waals surface area contributed by atoms with Crippen molar-refractivity contribution >= 4 is 39.1 Å². The molecule has 0 aliphatic heterocycles. The van der Waals surface area contributed by atoms with Crippen molar-refractivity contribution in [1.82, 2.24) is 0 Å². The third-order valence-corrected chi connectivity index (χ3v) is 6.34. The van der Waals surface area contributed by atoms with E-state index in [1.807, 2.05) is 13.2 Å². The Labute approximate surface area is 147 Å². The zero-order chi connectivity index (χ0) is 17.0. The van der Waals surface area contributed by atoms with E-state index >= 15 is 0 Å². The topological polar surface area (TPSA) is 37.4 Å². The highest BCUT2D eigenvalue weighted by Crippen LogP contribution is 2.28. The molecule has 0 heterocycles. The van der Waals surface area contributed by atoms with E-state index in [1.54, 1.807) is 60.3 Å². The molecule has 0 N–H and O–H groups in total. The molecule has 23 heavy (non-hydrogen) atoms. The summed E-state index contributed by atoms with van der Waals surface area (Å²) >= 11 is 7.71. The number of thioether (sulfide) groups is 1. The van der Waals surface area contributed by atoms with Gasteiger partial charge in [0.15, 0.2) is 0 Å². The molecule has 2 rings (SSSR count). The van der Waals surface area contributed by atoms with E-state index in [0.29, 0.717) is 10.7 Å². The van der Waals surface area contributed by atoms with E-state index in [1.165, 1.54) is 4.31 Å². The molecular weight excluding hydrogens is 350 g/mol. The van der Waals surface area contributed by atoms with Crippen LogP contribution in [-0.2, 0) is 10.0 Å². The number of anilines is 1. The van der Waals surface area contributed by atoms with Gasteiger partial charge in [0.25, 0.3) is 10.0 Å². The van der Waals surface area contributed by atoms with Gasteiger partial charge >= 0.3 is 0 Å². The first kappa shape index (κ1) is 17.9. The summed E-state index contributed by atoms with van der Waals surface area (Å²) < 4.78 is 27.2. The van der Waals surface area contributed by atoms with E-state index in [0.717, 1.165) is 10.5 Å². The van der Waals surface area contributed by atoms with Crippen LogP contribution < -0.4 is 4.31 Å². The Morgan fingerprint density at radius 3 is 2.39 bits per heavy atom. The lowest BCUT2D eigenvalue weighted by Crippen LogP contribution is -2.31. The monoisotopic (exact) mass is 367 g/mol. The van der Waals surface area contributed by atoms with Gasteiger partial charge < -0.3 is 0 Å². The first-order chi connectivity index (χ1) is 10.9. The minimum atomic E-state index is -3.68. The first-order valence-corrected chi connectivity index (χ1v) is 9.98. The van der Waals surface area contributed by atoms with Crippen molar-refractivity contribution in [3.8, 4) is 0 Å². The maximum atomic E-state index is 12.9. The van der Waals surface area contributed by atoms with Crippen LogP contribution in [0.2, 0.25) is 5.02 Å². The smallest absolute Gasteiger partial charge is 0.262 e. The van der Waals surface area contributed by atoms with E-state index in [2.05, 4.69) is 6.58 Å². The first-order valence-electron chi connectivity index (χ1n) is 6.94. The van der Waals surface area contributed by atoms with Gasteiger partial charge in [-0.1, -0.05) is 23.7 Å². The number of nitrogens with zero attached hydrogens (tertiary/aromatic N) is 1.